The van der Waals surface area contributed by atoms with Crippen LogP contribution in [0.1, 0.15) is 48.5 Å². The maximum atomic E-state index is 2.38. The lowest BCUT2D eigenvalue weighted by atomic mass is 10.5. The van der Waals surface area contributed by atoms with Crippen molar-refractivity contribution < 1.29 is 0 Å². The van der Waals surface area contributed by atoms with Crippen molar-refractivity contribution in [1.82, 2.24) is 0 Å². The monoisotopic (exact) mass is 210 g/mol. The van der Waals surface area contributed by atoms with Crippen LogP contribution in [0.15, 0.2) is 22.5 Å². The third-order valence-corrected chi connectivity index (χ3v) is 10.3. The number of hydrogen-bond donors (Lipinski definition) is 0. The molecular weight excluding hydrogens is 184 g/mol. The molecule has 0 aromatic carbocycles. The van der Waals surface area contributed by atoms with Crippen LogP contribution in [-0.4, -0.2) is 8.07 Å². The SMILES string of the molecule is CC=C(C)[Si](CC)(C(C)=CC)C(C)C. The molecule has 82 valence electrons. The van der Waals surface area contributed by atoms with Gasteiger partial charge in [0.25, 0.3) is 0 Å². The number of hydrogen-bond acceptors (Lipinski definition) is 0. The van der Waals surface area contributed by atoms with Crippen LogP contribution in [0.2, 0.25) is 11.6 Å². The van der Waals surface area contributed by atoms with Crippen molar-refractivity contribution in [2.24, 2.45) is 0 Å². The Balaban J connectivity index is 5.43. The molecule has 0 aliphatic heterocycles. The summed E-state index contributed by atoms with van der Waals surface area (Å²) in [7, 11) is -1.33. The molecule has 0 aliphatic rings. The van der Waals surface area contributed by atoms with Gasteiger partial charge in [-0.15, -0.1) is 0 Å². The van der Waals surface area contributed by atoms with E-state index in [0.717, 1.165) is 5.54 Å². The Labute approximate surface area is 91.1 Å². The fourth-order valence-corrected chi connectivity index (χ4v) is 8.11. The normalized spacial score (nSPS) is 18.6. The van der Waals surface area contributed by atoms with E-state index in [1.807, 2.05) is 0 Å². The molecule has 0 bridgehead atoms. The van der Waals surface area contributed by atoms with E-state index in [4.69, 9.17) is 0 Å². The van der Waals surface area contributed by atoms with Crippen LogP contribution in [0.4, 0.5) is 0 Å². The summed E-state index contributed by atoms with van der Waals surface area (Å²) < 4.78 is 0. The Morgan fingerprint density at radius 2 is 1.43 bits per heavy atom. The first-order valence-electron chi connectivity index (χ1n) is 5.74. The predicted octanol–water partition coefficient (Wildman–Crippen LogP) is 4.88. The summed E-state index contributed by atoms with van der Waals surface area (Å²) in [6.45, 7) is 16.1. The summed E-state index contributed by atoms with van der Waals surface area (Å²) in [6.07, 6.45) is 4.64. The van der Waals surface area contributed by atoms with E-state index in [-0.39, 0.29) is 0 Å². The third-order valence-electron chi connectivity index (χ3n) is 3.82. The fourth-order valence-electron chi connectivity index (χ4n) is 2.70. The van der Waals surface area contributed by atoms with Crippen molar-refractivity contribution >= 4 is 8.07 Å². The number of allylic oxidation sites excluding steroid dienone is 4. The van der Waals surface area contributed by atoms with E-state index in [2.05, 4.69) is 60.6 Å². The van der Waals surface area contributed by atoms with Gasteiger partial charge in [-0.25, -0.2) is 0 Å². The molecule has 0 fully saturated rings. The van der Waals surface area contributed by atoms with Crippen molar-refractivity contribution in [3.63, 3.8) is 0 Å². The van der Waals surface area contributed by atoms with Crippen LogP contribution in [0.5, 0.6) is 0 Å². The van der Waals surface area contributed by atoms with Crippen molar-refractivity contribution in [3.05, 3.63) is 22.5 Å². The van der Waals surface area contributed by atoms with Gasteiger partial charge in [-0.05, 0) is 33.2 Å². The van der Waals surface area contributed by atoms with Crippen molar-refractivity contribution in [2.75, 3.05) is 0 Å². The summed E-state index contributed by atoms with van der Waals surface area (Å²) in [4.78, 5) is 0. The Morgan fingerprint density at radius 1 is 1.07 bits per heavy atom. The lowest BCUT2D eigenvalue weighted by molar-refractivity contribution is 0.986. The first-order chi connectivity index (χ1) is 6.47. The molecule has 0 rings (SSSR count). The molecule has 0 nitrogen and oxygen atoms in total. The molecule has 0 saturated heterocycles. The summed E-state index contributed by atoms with van der Waals surface area (Å²) in [6, 6.07) is 1.33. The third kappa shape index (κ3) is 2.19. The Morgan fingerprint density at radius 3 is 1.57 bits per heavy atom. The van der Waals surface area contributed by atoms with Crippen LogP contribution in [0, 0.1) is 0 Å². The summed E-state index contributed by atoms with van der Waals surface area (Å²) in [5.74, 6) is 0. The minimum absolute atomic E-state index is 0.805. The van der Waals surface area contributed by atoms with Gasteiger partial charge in [0.15, 0.2) is 0 Å². The van der Waals surface area contributed by atoms with E-state index < -0.39 is 8.07 Å². The summed E-state index contributed by atoms with van der Waals surface area (Å²) in [5, 5.41) is 3.29. The smallest absolute Gasteiger partial charge is 0.0922 e. The van der Waals surface area contributed by atoms with Gasteiger partial charge in [-0.3, -0.25) is 0 Å². The summed E-state index contributed by atoms with van der Waals surface area (Å²) >= 11 is 0. The molecule has 0 heterocycles. The van der Waals surface area contributed by atoms with Gasteiger partial charge in [0.2, 0.25) is 0 Å². The zero-order valence-corrected chi connectivity index (χ0v) is 11.9. The van der Waals surface area contributed by atoms with Crippen LogP contribution in [-0.2, 0) is 0 Å². The molecular formula is C13H26Si. The van der Waals surface area contributed by atoms with Gasteiger partial charge in [0, 0.05) is 0 Å². The minimum Gasteiger partial charge on any atom is -0.0922 e. The maximum absolute atomic E-state index is 2.38. The lowest BCUT2D eigenvalue weighted by Crippen LogP contribution is -2.40. The van der Waals surface area contributed by atoms with Crippen LogP contribution >= 0.6 is 0 Å². The molecule has 0 aliphatic carbocycles. The van der Waals surface area contributed by atoms with Gasteiger partial charge < -0.3 is 0 Å². The zero-order valence-electron chi connectivity index (χ0n) is 10.9. The summed E-state index contributed by atoms with van der Waals surface area (Å²) in [5.41, 5.74) is 0.805. The predicted molar refractivity (Wildman–Crippen MR) is 70.2 cm³/mol. The molecule has 1 heteroatoms. The van der Waals surface area contributed by atoms with Gasteiger partial charge in [0.05, 0.1) is 0 Å². The van der Waals surface area contributed by atoms with Gasteiger partial charge >= 0.3 is 0 Å². The second-order valence-corrected chi connectivity index (χ2v) is 9.80. The molecule has 0 radical (unpaired) electrons. The highest BCUT2D eigenvalue weighted by molar-refractivity contribution is 6.93. The average Bonchev–Trinajstić information content (AvgIpc) is 2.18. The van der Waals surface area contributed by atoms with Gasteiger partial charge in [0.1, 0.15) is 8.07 Å². The molecule has 0 unspecified atom stereocenters. The highest BCUT2D eigenvalue weighted by Crippen LogP contribution is 2.37. The van der Waals surface area contributed by atoms with Crippen molar-refractivity contribution in [3.8, 4) is 0 Å². The fraction of sp³-hybridized carbons (Fsp3) is 0.692. The van der Waals surface area contributed by atoms with E-state index in [0.29, 0.717) is 0 Å². The first kappa shape index (κ1) is 13.7. The van der Waals surface area contributed by atoms with Gasteiger partial charge in [-0.2, -0.15) is 0 Å². The van der Waals surface area contributed by atoms with Crippen LogP contribution in [0.3, 0.4) is 0 Å². The zero-order chi connectivity index (χ0) is 11.4. The highest BCUT2D eigenvalue weighted by atomic mass is 28.3. The molecule has 0 spiro atoms. The molecule has 0 atom stereocenters. The van der Waals surface area contributed by atoms with E-state index >= 15 is 0 Å². The molecule has 0 aromatic heterocycles. The lowest BCUT2D eigenvalue weighted by Gasteiger charge is -2.37. The Kier molecular flexibility index (Phi) is 5.43. The second kappa shape index (κ2) is 5.55. The molecule has 0 aromatic rings. The van der Waals surface area contributed by atoms with Crippen LogP contribution < -0.4 is 0 Å². The highest BCUT2D eigenvalue weighted by Gasteiger charge is 2.37. The Bertz CT molecular complexity index is 216. The van der Waals surface area contributed by atoms with Gasteiger partial charge in [-0.1, -0.05) is 49.4 Å². The standard InChI is InChI=1S/C13H26Si/c1-8-12(6)14(10-3,11(4)5)13(7)9-2/h8-9,11H,10H2,1-7H3. The van der Waals surface area contributed by atoms with E-state index in [9.17, 15) is 0 Å². The van der Waals surface area contributed by atoms with E-state index in [1.54, 1.807) is 10.4 Å². The maximum Gasteiger partial charge on any atom is 0.109 e. The second-order valence-electron chi connectivity index (χ2n) is 4.42. The molecule has 0 N–H and O–H groups in total. The van der Waals surface area contributed by atoms with Crippen molar-refractivity contribution in [2.45, 2.75) is 60.1 Å². The largest absolute Gasteiger partial charge is 0.109 e. The minimum atomic E-state index is -1.33. The molecule has 0 amide bonds. The van der Waals surface area contributed by atoms with Crippen molar-refractivity contribution in [1.29, 1.82) is 0 Å². The molecule has 14 heavy (non-hydrogen) atoms. The molecule has 0 saturated carbocycles. The van der Waals surface area contributed by atoms with Crippen LogP contribution in [0.25, 0.3) is 0 Å². The topological polar surface area (TPSA) is 0 Å². The average molecular weight is 210 g/mol. The van der Waals surface area contributed by atoms with E-state index in [1.165, 1.54) is 6.04 Å². The Hall–Kier alpha value is -0.303. The number of rotatable bonds is 4. The quantitative estimate of drug-likeness (QED) is 0.580. The first-order valence-corrected chi connectivity index (χ1v) is 8.02.